The smallest absolute Gasteiger partial charge is 0.248 e. The number of hydrogen-bond donors (Lipinski definition) is 2. The van der Waals surface area contributed by atoms with E-state index >= 15 is 0 Å². The summed E-state index contributed by atoms with van der Waals surface area (Å²) >= 11 is 0. The normalized spacial score (nSPS) is 11.0. The molecule has 0 atom stereocenters. The number of anilines is 1. The van der Waals surface area contributed by atoms with Crippen LogP contribution >= 0.6 is 0 Å². The van der Waals surface area contributed by atoms with Crippen LogP contribution in [-0.2, 0) is 4.79 Å². The lowest BCUT2D eigenvalue weighted by atomic mass is 10.1. The molecule has 0 saturated carbocycles. The molecule has 0 fully saturated rings. The van der Waals surface area contributed by atoms with Gasteiger partial charge >= 0.3 is 0 Å². The fraction of sp³-hybridized carbons (Fsp3) is 0.143. The quantitative estimate of drug-likeness (QED) is 0.460. The SMILES string of the molecule is COc1c(C)cc(NC(=O)C=CC=N)cc1C=Cc1ccc(C)cc1. The zero-order chi connectivity index (χ0) is 18.2. The Labute approximate surface area is 148 Å². The van der Waals surface area contributed by atoms with Gasteiger partial charge in [0.1, 0.15) is 5.75 Å². The van der Waals surface area contributed by atoms with Gasteiger partial charge in [0, 0.05) is 23.5 Å². The molecule has 25 heavy (non-hydrogen) atoms. The van der Waals surface area contributed by atoms with Crippen molar-refractivity contribution in [2.45, 2.75) is 13.8 Å². The van der Waals surface area contributed by atoms with Gasteiger partial charge in [0.25, 0.3) is 0 Å². The summed E-state index contributed by atoms with van der Waals surface area (Å²) in [7, 11) is 1.64. The summed E-state index contributed by atoms with van der Waals surface area (Å²) in [6, 6.07) is 12.0. The summed E-state index contributed by atoms with van der Waals surface area (Å²) < 4.78 is 5.50. The monoisotopic (exact) mass is 334 g/mol. The van der Waals surface area contributed by atoms with Crippen LogP contribution in [0.5, 0.6) is 5.75 Å². The van der Waals surface area contributed by atoms with Crippen LogP contribution < -0.4 is 10.1 Å². The summed E-state index contributed by atoms with van der Waals surface area (Å²) in [4.78, 5) is 11.8. The van der Waals surface area contributed by atoms with Gasteiger partial charge < -0.3 is 15.5 Å². The van der Waals surface area contributed by atoms with Crippen LogP contribution in [0.1, 0.15) is 22.3 Å². The molecule has 4 heteroatoms. The summed E-state index contributed by atoms with van der Waals surface area (Å²) in [6.07, 6.45) is 7.74. The van der Waals surface area contributed by atoms with E-state index in [2.05, 4.69) is 36.5 Å². The second-order valence-corrected chi connectivity index (χ2v) is 5.67. The summed E-state index contributed by atoms with van der Waals surface area (Å²) in [6.45, 7) is 3.99. The lowest BCUT2D eigenvalue weighted by Crippen LogP contribution is -2.08. The van der Waals surface area contributed by atoms with E-state index in [9.17, 15) is 4.79 Å². The van der Waals surface area contributed by atoms with Crippen LogP contribution in [0.2, 0.25) is 0 Å². The molecule has 2 N–H and O–H groups in total. The van der Waals surface area contributed by atoms with Crippen molar-refractivity contribution in [3.05, 3.63) is 70.8 Å². The second-order valence-electron chi connectivity index (χ2n) is 5.67. The first-order chi connectivity index (χ1) is 12.0. The number of aryl methyl sites for hydroxylation is 2. The van der Waals surface area contributed by atoms with Crippen LogP contribution in [-0.4, -0.2) is 19.2 Å². The van der Waals surface area contributed by atoms with Crippen LogP contribution in [0, 0.1) is 19.3 Å². The fourth-order valence-corrected chi connectivity index (χ4v) is 2.46. The number of rotatable bonds is 6. The van der Waals surface area contributed by atoms with E-state index in [4.69, 9.17) is 10.1 Å². The molecule has 0 aliphatic carbocycles. The third-order valence-electron chi connectivity index (χ3n) is 3.65. The van der Waals surface area contributed by atoms with Gasteiger partial charge in [0.15, 0.2) is 0 Å². The van der Waals surface area contributed by atoms with E-state index in [1.54, 1.807) is 7.11 Å². The van der Waals surface area contributed by atoms with E-state index in [0.717, 1.165) is 28.7 Å². The van der Waals surface area contributed by atoms with Crippen molar-refractivity contribution in [1.29, 1.82) is 5.41 Å². The Balaban J connectivity index is 2.31. The number of nitrogens with one attached hydrogen (secondary N) is 2. The lowest BCUT2D eigenvalue weighted by molar-refractivity contribution is -0.111. The molecule has 0 heterocycles. The van der Waals surface area contributed by atoms with Crippen LogP contribution in [0.15, 0.2) is 48.6 Å². The van der Waals surface area contributed by atoms with Gasteiger partial charge in [0.2, 0.25) is 5.91 Å². The number of carbonyl (C=O) groups excluding carboxylic acids is 1. The number of ether oxygens (including phenoxy) is 1. The van der Waals surface area contributed by atoms with Crippen LogP contribution in [0.4, 0.5) is 5.69 Å². The first kappa shape index (κ1) is 18.2. The van der Waals surface area contributed by atoms with Crippen molar-refractivity contribution >= 4 is 30.0 Å². The molecule has 128 valence electrons. The van der Waals surface area contributed by atoms with E-state index in [1.807, 2.05) is 31.2 Å². The molecule has 0 bridgehead atoms. The number of benzene rings is 2. The minimum atomic E-state index is -0.276. The maximum Gasteiger partial charge on any atom is 0.248 e. The highest BCUT2D eigenvalue weighted by Gasteiger charge is 2.08. The third kappa shape index (κ3) is 5.18. The van der Waals surface area contributed by atoms with Gasteiger partial charge in [-0.25, -0.2) is 0 Å². The van der Waals surface area contributed by atoms with Crippen LogP contribution in [0.25, 0.3) is 12.2 Å². The maximum atomic E-state index is 11.8. The molecule has 0 aliphatic rings. The van der Waals surface area contributed by atoms with E-state index in [-0.39, 0.29) is 5.91 Å². The highest BCUT2D eigenvalue weighted by molar-refractivity contribution is 6.01. The highest BCUT2D eigenvalue weighted by atomic mass is 16.5. The first-order valence-electron chi connectivity index (χ1n) is 7.95. The molecule has 2 aromatic carbocycles. The molecule has 0 saturated heterocycles. The largest absolute Gasteiger partial charge is 0.496 e. The summed E-state index contributed by atoms with van der Waals surface area (Å²) in [5.74, 6) is 0.498. The van der Waals surface area contributed by atoms with E-state index in [0.29, 0.717) is 5.69 Å². The molecule has 0 aromatic heterocycles. The first-order valence-corrected chi connectivity index (χ1v) is 7.95. The molecular weight excluding hydrogens is 312 g/mol. The Bertz CT molecular complexity index is 819. The topological polar surface area (TPSA) is 62.2 Å². The highest BCUT2D eigenvalue weighted by Crippen LogP contribution is 2.29. The van der Waals surface area contributed by atoms with Crippen molar-refractivity contribution < 1.29 is 9.53 Å². The van der Waals surface area contributed by atoms with E-state index < -0.39 is 0 Å². The molecule has 2 rings (SSSR count). The number of amides is 1. The predicted octanol–water partition coefficient (Wildman–Crippen LogP) is 4.63. The molecule has 2 aromatic rings. The maximum absolute atomic E-state index is 11.8. The van der Waals surface area contributed by atoms with Crippen molar-refractivity contribution in [2.24, 2.45) is 0 Å². The van der Waals surface area contributed by atoms with Gasteiger partial charge in [-0.05, 0) is 43.2 Å². The number of allylic oxidation sites excluding steroid dienone is 1. The average Bonchev–Trinajstić information content (AvgIpc) is 2.59. The Morgan fingerprint density at radius 1 is 1.12 bits per heavy atom. The van der Waals surface area contributed by atoms with E-state index in [1.165, 1.54) is 17.7 Å². The fourth-order valence-electron chi connectivity index (χ4n) is 2.46. The molecule has 0 aliphatic heterocycles. The molecule has 1 amide bonds. The third-order valence-corrected chi connectivity index (χ3v) is 3.65. The Morgan fingerprint density at radius 3 is 2.48 bits per heavy atom. The minimum absolute atomic E-state index is 0.276. The van der Waals surface area contributed by atoms with Crippen molar-refractivity contribution in [2.75, 3.05) is 12.4 Å². The van der Waals surface area contributed by atoms with Crippen molar-refractivity contribution in [3.8, 4) is 5.75 Å². The Kier molecular flexibility index (Phi) is 6.29. The van der Waals surface area contributed by atoms with Gasteiger partial charge in [-0.2, -0.15) is 0 Å². The molecule has 0 radical (unpaired) electrons. The van der Waals surface area contributed by atoms with Gasteiger partial charge in [-0.1, -0.05) is 42.0 Å². The van der Waals surface area contributed by atoms with Gasteiger partial charge in [0.05, 0.1) is 7.11 Å². The Morgan fingerprint density at radius 2 is 1.84 bits per heavy atom. The molecule has 0 unspecified atom stereocenters. The number of methoxy groups -OCH3 is 1. The molecular formula is C21H22N2O2. The summed E-state index contributed by atoms with van der Waals surface area (Å²) in [5, 5.41) is 9.73. The lowest BCUT2D eigenvalue weighted by Gasteiger charge is -2.12. The van der Waals surface area contributed by atoms with Crippen LogP contribution in [0.3, 0.4) is 0 Å². The zero-order valence-electron chi connectivity index (χ0n) is 14.7. The summed E-state index contributed by atoms with van der Waals surface area (Å²) in [5.41, 5.74) is 4.80. The number of hydrogen-bond acceptors (Lipinski definition) is 3. The van der Waals surface area contributed by atoms with Gasteiger partial charge in [-0.15, -0.1) is 0 Å². The average molecular weight is 334 g/mol. The second kappa shape index (κ2) is 8.64. The van der Waals surface area contributed by atoms with Crippen molar-refractivity contribution in [1.82, 2.24) is 0 Å². The molecule has 4 nitrogen and oxygen atoms in total. The molecule has 0 spiro atoms. The Hall–Kier alpha value is -3.14. The predicted molar refractivity (Wildman–Crippen MR) is 104 cm³/mol. The number of carbonyl (C=O) groups is 1. The standard InChI is InChI=1S/C21H22N2O2/c1-15-6-8-17(9-7-15)10-11-18-14-19(13-16(2)21(18)25-3)23-20(24)5-4-12-22/h4-14,22H,1-3H3,(H,23,24). The van der Waals surface area contributed by atoms with Gasteiger partial charge in [-0.3, -0.25) is 4.79 Å². The zero-order valence-corrected chi connectivity index (χ0v) is 14.7. The van der Waals surface area contributed by atoms with Crippen molar-refractivity contribution in [3.63, 3.8) is 0 Å². The minimum Gasteiger partial charge on any atom is -0.496 e.